The summed E-state index contributed by atoms with van der Waals surface area (Å²) in [7, 11) is -2.86. The van der Waals surface area contributed by atoms with Crippen LogP contribution in [-0.4, -0.2) is 102 Å². The number of benzene rings is 2. The van der Waals surface area contributed by atoms with Crippen LogP contribution in [0.4, 0.5) is 9.18 Å². The summed E-state index contributed by atoms with van der Waals surface area (Å²) in [5.74, 6) is -1.85. The molecule has 1 saturated heterocycles. The van der Waals surface area contributed by atoms with Crippen LogP contribution in [0.2, 0.25) is 0 Å². The molecule has 1 aromatic heterocycles. The molecule has 328 valence electrons. The molecule has 3 aromatic rings. The second-order valence-electron chi connectivity index (χ2n) is 17.3. The Bertz CT molecular complexity index is 2320. The molecule has 2 aliphatic carbocycles. The fraction of sp³-hybridized carbons (Fsp3) is 0.523. The average molecular weight is 864 g/mol. The summed E-state index contributed by atoms with van der Waals surface area (Å²) in [5, 5.41) is 16.5. The summed E-state index contributed by atoms with van der Waals surface area (Å²) in [6.45, 7) is 6.38. The van der Waals surface area contributed by atoms with Crippen LogP contribution < -0.4 is 29.6 Å². The number of methoxy groups -OCH3 is 1. The van der Waals surface area contributed by atoms with Gasteiger partial charge in [-0.05, 0) is 118 Å². The van der Waals surface area contributed by atoms with Gasteiger partial charge in [0.15, 0.2) is 0 Å². The zero-order chi connectivity index (χ0) is 43.9. The number of carbonyl (C=O) groups excluding carboxylic acids is 3. The zero-order valence-electron chi connectivity index (χ0n) is 35.0. The van der Waals surface area contributed by atoms with Crippen molar-refractivity contribution in [2.75, 3.05) is 20.3 Å². The van der Waals surface area contributed by atoms with Crippen molar-refractivity contribution in [1.29, 1.82) is 0 Å². The van der Waals surface area contributed by atoms with Crippen LogP contribution in [0.15, 0.2) is 60.7 Å². The number of aromatic nitrogens is 1. The van der Waals surface area contributed by atoms with Crippen LogP contribution in [0.25, 0.3) is 22.0 Å². The van der Waals surface area contributed by atoms with E-state index in [4.69, 9.17) is 19.2 Å². The fourth-order valence-corrected chi connectivity index (χ4v) is 10.0. The molecule has 17 heteroatoms. The molecule has 7 atom stereocenters. The number of rotatable bonds is 11. The van der Waals surface area contributed by atoms with E-state index in [1.165, 1.54) is 4.90 Å². The number of allylic oxidation sites excluding steroid dienone is 1. The predicted molar refractivity (Wildman–Crippen MR) is 224 cm³/mol. The SMILES string of the molecule is COc1ccc2c(O[C@@H]3C[C@H]4C(=O)N[C@]5(C(=O)NS(=O)(=O)C6(CF)CC6)C[C@H]5/C=C\CC[C@@H](C)C[C@@H](C)[C@H](NC(=O)O)C(=O)N4C3)nc(-c3ccc(OC(C)C)cc3)cc2c1. The third kappa shape index (κ3) is 9.12. The van der Waals surface area contributed by atoms with Gasteiger partial charge in [-0.15, -0.1) is 0 Å². The van der Waals surface area contributed by atoms with E-state index in [1.807, 2.05) is 63.2 Å². The maximum Gasteiger partial charge on any atom is 0.405 e. The van der Waals surface area contributed by atoms with Crippen molar-refractivity contribution in [2.45, 2.75) is 107 Å². The van der Waals surface area contributed by atoms with Gasteiger partial charge in [0.2, 0.25) is 27.7 Å². The van der Waals surface area contributed by atoms with Gasteiger partial charge < -0.3 is 34.9 Å². The number of fused-ring (bicyclic) bond motifs is 3. The smallest absolute Gasteiger partial charge is 0.405 e. The molecule has 4 amide bonds. The highest BCUT2D eigenvalue weighted by molar-refractivity contribution is 7.91. The third-order valence-electron chi connectivity index (χ3n) is 12.3. The van der Waals surface area contributed by atoms with Gasteiger partial charge in [0.25, 0.3) is 5.91 Å². The highest BCUT2D eigenvalue weighted by Crippen LogP contribution is 2.48. The molecule has 61 heavy (non-hydrogen) atoms. The lowest BCUT2D eigenvalue weighted by Crippen LogP contribution is -2.59. The van der Waals surface area contributed by atoms with E-state index < -0.39 is 80.8 Å². The summed E-state index contributed by atoms with van der Waals surface area (Å²) >= 11 is 0. The lowest BCUT2D eigenvalue weighted by atomic mass is 9.88. The first-order valence-corrected chi connectivity index (χ1v) is 22.3. The lowest BCUT2D eigenvalue weighted by molar-refractivity contribution is -0.142. The number of ether oxygens (including phenoxy) is 3. The number of carbonyl (C=O) groups is 4. The minimum absolute atomic E-state index is 0.0164. The van der Waals surface area contributed by atoms with E-state index in [1.54, 1.807) is 32.2 Å². The average Bonchev–Trinajstić information content (AvgIpc) is 4.12. The van der Waals surface area contributed by atoms with Gasteiger partial charge >= 0.3 is 6.09 Å². The fourth-order valence-electron chi connectivity index (χ4n) is 8.59. The number of hydrogen-bond acceptors (Lipinski definition) is 10. The number of amides is 4. The van der Waals surface area contributed by atoms with Crippen LogP contribution in [0.5, 0.6) is 17.4 Å². The van der Waals surface area contributed by atoms with Crippen LogP contribution in [-0.2, 0) is 24.4 Å². The second kappa shape index (κ2) is 17.1. The highest BCUT2D eigenvalue weighted by atomic mass is 32.2. The Kier molecular flexibility index (Phi) is 12.3. The number of nitrogens with zero attached hydrogens (tertiary/aromatic N) is 2. The molecule has 15 nitrogen and oxygen atoms in total. The molecule has 7 rings (SSSR count). The van der Waals surface area contributed by atoms with Crippen LogP contribution in [0, 0.1) is 17.8 Å². The Labute approximate surface area is 354 Å². The first-order chi connectivity index (χ1) is 29.0. The van der Waals surface area contributed by atoms with Crippen molar-refractivity contribution < 1.29 is 51.3 Å². The number of halogens is 1. The van der Waals surface area contributed by atoms with E-state index >= 15 is 0 Å². The van der Waals surface area contributed by atoms with Gasteiger partial charge in [0, 0.05) is 23.3 Å². The Morgan fingerprint density at radius 2 is 1.79 bits per heavy atom. The van der Waals surface area contributed by atoms with Gasteiger partial charge in [0.05, 0.1) is 25.5 Å². The van der Waals surface area contributed by atoms with Crippen molar-refractivity contribution in [1.82, 2.24) is 25.2 Å². The second-order valence-corrected chi connectivity index (χ2v) is 19.4. The largest absolute Gasteiger partial charge is 0.497 e. The van der Waals surface area contributed by atoms with Gasteiger partial charge in [-0.2, -0.15) is 0 Å². The number of sulfonamides is 1. The highest BCUT2D eigenvalue weighted by Gasteiger charge is 2.64. The van der Waals surface area contributed by atoms with Crippen LogP contribution >= 0.6 is 0 Å². The minimum Gasteiger partial charge on any atom is -0.497 e. The molecule has 0 bridgehead atoms. The monoisotopic (exact) mass is 863 g/mol. The molecule has 4 N–H and O–H groups in total. The van der Waals surface area contributed by atoms with Crippen molar-refractivity contribution in [2.24, 2.45) is 17.8 Å². The molecular formula is C44H54FN5O10S. The number of carboxylic acid groups (broad SMARTS) is 1. The Morgan fingerprint density at radius 3 is 2.44 bits per heavy atom. The van der Waals surface area contributed by atoms with E-state index in [2.05, 4.69) is 15.4 Å². The molecule has 0 unspecified atom stereocenters. The molecule has 2 aliphatic heterocycles. The maximum absolute atomic E-state index is 14.6. The molecule has 0 radical (unpaired) electrons. The Balaban J connectivity index is 1.24. The number of pyridine rings is 1. The molecule has 2 aromatic carbocycles. The zero-order valence-corrected chi connectivity index (χ0v) is 35.8. The summed E-state index contributed by atoms with van der Waals surface area (Å²) in [6, 6.07) is 12.3. The van der Waals surface area contributed by atoms with Crippen molar-refractivity contribution in [3.63, 3.8) is 0 Å². The van der Waals surface area contributed by atoms with Gasteiger partial charge in [0.1, 0.15) is 46.6 Å². The molecule has 2 saturated carbocycles. The standard InChI is InChI=1S/C44H54FN5O10S/c1-25(2)59-31-12-10-28(11-13-31)35-20-29-19-32(58-5)14-15-34(29)39(46-35)60-33-21-36-38(51)48-44(41(53)49-61(56,57)43(24-45)16-17-43)22-30(44)9-7-6-8-26(3)18-27(4)37(47-42(54)55)40(52)50(36)23-33/h7,9-15,19-20,25-27,30,33,36-37,47H,6,8,16-18,21-24H2,1-5H3,(H,48,51)(H,49,53)(H,54,55)/b9-7-/t26-,27-,30-,33-,36+,37+,44-/m1/s1. The molecule has 4 aliphatic rings. The summed E-state index contributed by atoms with van der Waals surface area (Å²) in [6.07, 6.45) is 3.31. The van der Waals surface area contributed by atoms with Crippen molar-refractivity contribution >= 4 is 44.6 Å². The first kappa shape index (κ1) is 43.6. The third-order valence-corrected chi connectivity index (χ3v) is 14.5. The maximum atomic E-state index is 14.6. The topological polar surface area (TPSA) is 203 Å². The minimum atomic E-state index is -4.42. The normalized spacial score (nSPS) is 28.0. The number of hydrogen-bond donors (Lipinski definition) is 4. The van der Waals surface area contributed by atoms with E-state index in [0.29, 0.717) is 41.8 Å². The van der Waals surface area contributed by atoms with E-state index in [0.717, 1.165) is 10.9 Å². The molecule has 0 spiro atoms. The quantitative estimate of drug-likeness (QED) is 0.177. The van der Waals surface area contributed by atoms with Gasteiger partial charge in [-0.1, -0.05) is 26.0 Å². The Hall–Kier alpha value is -5.45. The van der Waals surface area contributed by atoms with Crippen molar-refractivity contribution in [3.05, 3.63) is 60.7 Å². The number of nitrogens with one attached hydrogen (secondary N) is 3. The van der Waals surface area contributed by atoms with E-state index in [-0.39, 0.29) is 50.1 Å². The van der Waals surface area contributed by atoms with Gasteiger partial charge in [-0.3, -0.25) is 19.1 Å². The summed E-state index contributed by atoms with van der Waals surface area (Å²) in [4.78, 5) is 61.5. The van der Waals surface area contributed by atoms with E-state index in [9.17, 15) is 37.1 Å². The molecule has 3 heterocycles. The molecular weight excluding hydrogens is 810 g/mol. The lowest BCUT2D eigenvalue weighted by Gasteiger charge is -2.32. The Morgan fingerprint density at radius 1 is 1.07 bits per heavy atom. The number of alkyl halides is 1. The summed E-state index contributed by atoms with van der Waals surface area (Å²) in [5.41, 5.74) is -0.360. The van der Waals surface area contributed by atoms with Crippen LogP contribution in [0.1, 0.15) is 72.6 Å². The molecule has 3 fully saturated rings. The van der Waals surface area contributed by atoms with Gasteiger partial charge in [-0.25, -0.2) is 22.6 Å². The first-order valence-electron chi connectivity index (χ1n) is 20.8. The predicted octanol–water partition coefficient (Wildman–Crippen LogP) is 5.52. The summed E-state index contributed by atoms with van der Waals surface area (Å²) < 4.78 is 58.7. The van der Waals surface area contributed by atoms with Crippen molar-refractivity contribution in [3.8, 4) is 28.6 Å². The van der Waals surface area contributed by atoms with Crippen LogP contribution in [0.3, 0.4) is 0 Å².